The molecule has 0 fully saturated rings. The van der Waals surface area contributed by atoms with E-state index in [9.17, 15) is 18.0 Å². The predicted molar refractivity (Wildman–Crippen MR) is 71.6 cm³/mol. The maximum absolute atomic E-state index is 13.4. The molecular formula is C14H14F3N3O2. The highest BCUT2D eigenvalue weighted by atomic mass is 19.2. The molecule has 0 aliphatic rings. The van der Waals surface area contributed by atoms with E-state index >= 15 is 0 Å². The van der Waals surface area contributed by atoms with E-state index in [1.807, 2.05) is 6.92 Å². The number of carbonyl (C=O) groups is 1. The van der Waals surface area contributed by atoms with Crippen molar-refractivity contribution in [3.63, 3.8) is 0 Å². The van der Waals surface area contributed by atoms with Crippen molar-refractivity contribution in [2.45, 2.75) is 32.6 Å². The first-order valence-corrected chi connectivity index (χ1v) is 6.76. The van der Waals surface area contributed by atoms with E-state index in [0.29, 0.717) is 18.1 Å². The molecule has 2 rings (SSSR count). The van der Waals surface area contributed by atoms with Gasteiger partial charge in [0.25, 0.3) is 0 Å². The number of benzene rings is 1. The van der Waals surface area contributed by atoms with E-state index in [2.05, 4.69) is 15.5 Å². The van der Waals surface area contributed by atoms with E-state index in [0.717, 1.165) is 18.6 Å². The first-order valence-electron chi connectivity index (χ1n) is 6.76. The van der Waals surface area contributed by atoms with Crippen LogP contribution in [0.5, 0.6) is 0 Å². The minimum absolute atomic E-state index is 0.0494. The van der Waals surface area contributed by atoms with Crippen LogP contribution in [-0.2, 0) is 17.6 Å². The normalized spacial score (nSPS) is 10.7. The van der Waals surface area contributed by atoms with E-state index in [1.54, 1.807) is 0 Å². The summed E-state index contributed by atoms with van der Waals surface area (Å²) in [5.74, 6) is -4.09. The highest BCUT2D eigenvalue weighted by molar-refractivity contribution is 5.90. The maximum Gasteiger partial charge on any atom is 0.227 e. The zero-order valence-corrected chi connectivity index (χ0v) is 11.8. The summed E-state index contributed by atoms with van der Waals surface area (Å²) in [6.07, 6.45) is 1.67. The van der Waals surface area contributed by atoms with Gasteiger partial charge in [-0.1, -0.05) is 12.1 Å². The molecule has 0 atom stereocenters. The summed E-state index contributed by atoms with van der Waals surface area (Å²) in [4.78, 5) is 15.8. The predicted octanol–water partition coefficient (Wildman–Crippen LogP) is 3.01. The molecule has 1 aromatic carbocycles. The summed E-state index contributed by atoms with van der Waals surface area (Å²) in [5.41, 5.74) is -0.416. The zero-order chi connectivity index (χ0) is 16.1. The molecule has 2 aromatic rings. The minimum atomic E-state index is -1.63. The molecule has 0 unspecified atom stereocenters. The minimum Gasteiger partial charge on any atom is -0.339 e. The van der Waals surface area contributed by atoms with Gasteiger partial charge in [0.05, 0.1) is 5.69 Å². The van der Waals surface area contributed by atoms with Crippen LogP contribution in [-0.4, -0.2) is 16.0 Å². The lowest BCUT2D eigenvalue weighted by atomic mass is 10.2. The molecule has 0 radical (unpaired) electrons. The summed E-state index contributed by atoms with van der Waals surface area (Å²) < 4.78 is 44.2. The first kappa shape index (κ1) is 16.0. The monoisotopic (exact) mass is 313 g/mol. The summed E-state index contributed by atoms with van der Waals surface area (Å²) >= 11 is 0. The van der Waals surface area contributed by atoms with Crippen LogP contribution >= 0.6 is 0 Å². The average molecular weight is 313 g/mol. The van der Waals surface area contributed by atoms with Crippen molar-refractivity contribution in [1.29, 1.82) is 0 Å². The number of nitrogens with zero attached hydrogens (tertiary/aromatic N) is 2. The van der Waals surface area contributed by atoms with Gasteiger partial charge in [0.2, 0.25) is 11.8 Å². The first-order chi connectivity index (χ1) is 10.5. The highest BCUT2D eigenvalue weighted by Gasteiger charge is 2.16. The lowest BCUT2D eigenvalue weighted by Gasteiger charge is -2.06. The van der Waals surface area contributed by atoms with E-state index in [-0.39, 0.29) is 12.8 Å². The number of hydrogen-bond donors (Lipinski definition) is 1. The van der Waals surface area contributed by atoms with Gasteiger partial charge in [0, 0.05) is 19.3 Å². The van der Waals surface area contributed by atoms with Gasteiger partial charge >= 0.3 is 0 Å². The van der Waals surface area contributed by atoms with Crippen LogP contribution < -0.4 is 5.32 Å². The van der Waals surface area contributed by atoms with Crippen molar-refractivity contribution in [2.75, 3.05) is 5.32 Å². The Kier molecular flexibility index (Phi) is 5.13. The van der Waals surface area contributed by atoms with Crippen LogP contribution in [0.4, 0.5) is 18.9 Å². The molecule has 1 heterocycles. The van der Waals surface area contributed by atoms with Gasteiger partial charge < -0.3 is 9.84 Å². The van der Waals surface area contributed by atoms with Gasteiger partial charge in [-0.15, -0.1) is 0 Å². The van der Waals surface area contributed by atoms with Gasteiger partial charge in [-0.2, -0.15) is 4.98 Å². The highest BCUT2D eigenvalue weighted by Crippen LogP contribution is 2.19. The topological polar surface area (TPSA) is 68.0 Å². The molecule has 0 bridgehead atoms. The second-order valence-corrected chi connectivity index (χ2v) is 4.63. The second-order valence-electron chi connectivity index (χ2n) is 4.63. The molecular weight excluding hydrogens is 299 g/mol. The van der Waals surface area contributed by atoms with Crippen molar-refractivity contribution in [3.05, 3.63) is 41.3 Å². The Morgan fingerprint density at radius 3 is 2.73 bits per heavy atom. The molecule has 0 saturated carbocycles. The molecule has 5 nitrogen and oxygen atoms in total. The molecule has 0 spiro atoms. The molecule has 8 heteroatoms. The number of aryl methyl sites for hydroxylation is 2. The Hall–Kier alpha value is -2.38. The molecule has 1 amide bonds. The smallest absolute Gasteiger partial charge is 0.227 e. The Morgan fingerprint density at radius 2 is 2.00 bits per heavy atom. The van der Waals surface area contributed by atoms with Crippen molar-refractivity contribution < 1.29 is 22.5 Å². The summed E-state index contributed by atoms with van der Waals surface area (Å²) in [6.45, 7) is 1.97. The lowest BCUT2D eigenvalue weighted by Crippen LogP contribution is -2.14. The number of hydrogen-bond acceptors (Lipinski definition) is 4. The Bertz CT molecular complexity index is 673. The van der Waals surface area contributed by atoms with Gasteiger partial charge in [-0.05, 0) is 18.6 Å². The molecule has 0 saturated heterocycles. The van der Waals surface area contributed by atoms with Crippen LogP contribution in [0.15, 0.2) is 16.7 Å². The van der Waals surface area contributed by atoms with Crippen molar-refractivity contribution in [1.82, 2.24) is 10.1 Å². The van der Waals surface area contributed by atoms with Gasteiger partial charge in [0.1, 0.15) is 0 Å². The third-order valence-electron chi connectivity index (χ3n) is 2.86. The third-order valence-corrected chi connectivity index (χ3v) is 2.86. The summed E-state index contributed by atoms with van der Waals surface area (Å²) in [5, 5.41) is 5.90. The fourth-order valence-electron chi connectivity index (χ4n) is 1.77. The standard InChI is InChI=1S/C14H14F3N3O2/c1-2-3-10-19-12(22-20-10)7-6-11(21)18-9-5-4-8(15)13(16)14(9)17/h4-5H,2-3,6-7H2,1H3,(H,18,21). The second kappa shape index (κ2) is 7.06. The number of rotatable bonds is 6. The van der Waals surface area contributed by atoms with Gasteiger partial charge in [0.15, 0.2) is 23.3 Å². The van der Waals surface area contributed by atoms with Crippen molar-refractivity contribution in [3.8, 4) is 0 Å². The number of halogens is 3. The summed E-state index contributed by atoms with van der Waals surface area (Å²) in [7, 11) is 0. The molecule has 118 valence electrons. The number of anilines is 1. The number of aromatic nitrogens is 2. The van der Waals surface area contributed by atoms with Crippen molar-refractivity contribution >= 4 is 11.6 Å². The fourth-order valence-corrected chi connectivity index (χ4v) is 1.77. The van der Waals surface area contributed by atoms with Gasteiger partial charge in [-0.3, -0.25) is 4.79 Å². The van der Waals surface area contributed by atoms with Crippen LogP contribution in [0.1, 0.15) is 31.5 Å². The maximum atomic E-state index is 13.4. The molecule has 1 N–H and O–H groups in total. The Labute approximate surface area is 124 Å². The average Bonchev–Trinajstić information content (AvgIpc) is 2.94. The number of carbonyl (C=O) groups excluding carboxylic acids is 1. The lowest BCUT2D eigenvalue weighted by molar-refractivity contribution is -0.116. The van der Waals surface area contributed by atoms with Crippen LogP contribution in [0.3, 0.4) is 0 Å². The van der Waals surface area contributed by atoms with Crippen molar-refractivity contribution in [2.24, 2.45) is 0 Å². The van der Waals surface area contributed by atoms with Crippen LogP contribution in [0, 0.1) is 17.5 Å². The van der Waals surface area contributed by atoms with Gasteiger partial charge in [-0.25, -0.2) is 13.2 Å². The Morgan fingerprint density at radius 1 is 1.23 bits per heavy atom. The number of amides is 1. The molecule has 22 heavy (non-hydrogen) atoms. The Balaban J connectivity index is 1.91. The van der Waals surface area contributed by atoms with Crippen LogP contribution in [0.25, 0.3) is 0 Å². The third kappa shape index (κ3) is 3.84. The molecule has 0 aliphatic heterocycles. The SMILES string of the molecule is CCCc1noc(CCC(=O)Nc2ccc(F)c(F)c2F)n1. The largest absolute Gasteiger partial charge is 0.339 e. The quantitative estimate of drug-likeness (QED) is 0.832. The van der Waals surface area contributed by atoms with Crippen LogP contribution in [0.2, 0.25) is 0 Å². The van der Waals surface area contributed by atoms with E-state index < -0.39 is 29.0 Å². The fraction of sp³-hybridized carbons (Fsp3) is 0.357. The molecule has 0 aliphatic carbocycles. The van der Waals surface area contributed by atoms with E-state index in [1.165, 1.54) is 0 Å². The number of nitrogens with one attached hydrogen (secondary N) is 1. The zero-order valence-electron chi connectivity index (χ0n) is 11.8. The molecule has 1 aromatic heterocycles. The van der Waals surface area contributed by atoms with E-state index in [4.69, 9.17) is 4.52 Å². The summed E-state index contributed by atoms with van der Waals surface area (Å²) in [6, 6.07) is 1.70.